The lowest BCUT2D eigenvalue weighted by atomic mass is 10.1. The number of sulfonamides is 1. The SMILES string of the molecule is CCCc1ccc(S(=O)(=O)N2CCCC2)cc1. The second kappa shape index (κ2) is 5.19. The molecule has 0 unspecified atom stereocenters. The van der Waals surface area contributed by atoms with Crippen molar-refractivity contribution in [1.29, 1.82) is 0 Å². The van der Waals surface area contributed by atoms with E-state index in [9.17, 15) is 8.42 Å². The third kappa shape index (κ3) is 2.69. The van der Waals surface area contributed by atoms with E-state index in [0.717, 1.165) is 25.7 Å². The zero-order valence-electron chi connectivity index (χ0n) is 10.2. The van der Waals surface area contributed by atoms with Crippen LogP contribution in [0.3, 0.4) is 0 Å². The van der Waals surface area contributed by atoms with Gasteiger partial charge in [-0.25, -0.2) is 8.42 Å². The van der Waals surface area contributed by atoms with E-state index in [2.05, 4.69) is 6.92 Å². The number of nitrogens with zero attached hydrogens (tertiary/aromatic N) is 1. The normalized spacial score (nSPS) is 17.5. The number of benzene rings is 1. The maximum Gasteiger partial charge on any atom is 0.243 e. The van der Waals surface area contributed by atoms with Crippen molar-refractivity contribution in [3.8, 4) is 0 Å². The Labute approximate surface area is 104 Å². The van der Waals surface area contributed by atoms with Crippen molar-refractivity contribution in [2.75, 3.05) is 13.1 Å². The molecule has 0 aromatic heterocycles. The van der Waals surface area contributed by atoms with Crippen LogP contribution in [0.1, 0.15) is 31.7 Å². The van der Waals surface area contributed by atoms with Crippen molar-refractivity contribution in [1.82, 2.24) is 4.31 Å². The topological polar surface area (TPSA) is 37.4 Å². The predicted octanol–water partition coefficient (Wildman–Crippen LogP) is 2.42. The molecule has 0 bridgehead atoms. The Hall–Kier alpha value is -0.870. The van der Waals surface area contributed by atoms with E-state index in [-0.39, 0.29) is 0 Å². The first-order valence-electron chi connectivity index (χ1n) is 6.23. The summed E-state index contributed by atoms with van der Waals surface area (Å²) in [5.41, 5.74) is 1.20. The van der Waals surface area contributed by atoms with Crippen molar-refractivity contribution in [2.45, 2.75) is 37.5 Å². The van der Waals surface area contributed by atoms with Crippen LogP contribution < -0.4 is 0 Å². The lowest BCUT2D eigenvalue weighted by molar-refractivity contribution is 0.477. The van der Waals surface area contributed by atoms with E-state index < -0.39 is 10.0 Å². The summed E-state index contributed by atoms with van der Waals surface area (Å²) in [6, 6.07) is 7.32. The zero-order chi connectivity index (χ0) is 12.3. The monoisotopic (exact) mass is 253 g/mol. The van der Waals surface area contributed by atoms with Crippen LogP contribution in [0.25, 0.3) is 0 Å². The molecule has 1 aliphatic rings. The van der Waals surface area contributed by atoms with Crippen molar-refractivity contribution in [3.05, 3.63) is 29.8 Å². The molecule has 0 amide bonds. The van der Waals surface area contributed by atoms with Gasteiger partial charge in [-0.2, -0.15) is 4.31 Å². The Bertz CT molecular complexity index is 459. The first kappa shape index (κ1) is 12.6. The summed E-state index contributed by atoms with van der Waals surface area (Å²) in [5.74, 6) is 0. The first-order chi connectivity index (χ1) is 8.14. The molecule has 1 aromatic rings. The van der Waals surface area contributed by atoms with E-state index in [4.69, 9.17) is 0 Å². The highest BCUT2D eigenvalue weighted by atomic mass is 32.2. The van der Waals surface area contributed by atoms with Crippen molar-refractivity contribution in [3.63, 3.8) is 0 Å². The van der Waals surface area contributed by atoms with Gasteiger partial charge in [-0.3, -0.25) is 0 Å². The zero-order valence-corrected chi connectivity index (χ0v) is 11.0. The Morgan fingerprint density at radius 3 is 2.24 bits per heavy atom. The van der Waals surface area contributed by atoms with Gasteiger partial charge in [0.25, 0.3) is 0 Å². The molecule has 0 radical (unpaired) electrons. The molecule has 17 heavy (non-hydrogen) atoms. The predicted molar refractivity (Wildman–Crippen MR) is 68.4 cm³/mol. The van der Waals surface area contributed by atoms with Gasteiger partial charge in [0.05, 0.1) is 4.90 Å². The van der Waals surface area contributed by atoms with Crippen LogP contribution in [-0.4, -0.2) is 25.8 Å². The van der Waals surface area contributed by atoms with Crippen molar-refractivity contribution < 1.29 is 8.42 Å². The molecule has 1 saturated heterocycles. The van der Waals surface area contributed by atoms with Gasteiger partial charge in [-0.1, -0.05) is 25.5 Å². The Balaban J connectivity index is 2.21. The minimum Gasteiger partial charge on any atom is -0.207 e. The van der Waals surface area contributed by atoms with Crippen LogP contribution in [0.2, 0.25) is 0 Å². The minimum atomic E-state index is -3.24. The van der Waals surface area contributed by atoms with Gasteiger partial charge in [-0.15, -0.1) is 0 Å². The fraction of sp³-hybridized carbons (Fsp3) is 0.538. The Morgan fingerprint density at radius 1 is 1.12 bits per heavy atom. The molecule has 0 spiro atoms. The maximum atomic E-state index is 12.2. The van der Waals surface area contributed by atoms with Crippen molar-refractivity contribution >= 4 is 10.0 Å². The maximum absolute atomic E-state index is 12.2. The highest BCUT2D eigenvalue weighted by molar-refractivity contribution is 7.89. The molecule has 4 heteroatoms. The van der Waals surface area contributed by atoms with E-state index in [1.54, 1.807) is 16.4 Å². The fourth-order valence-corrected chi connectivity index (χ4v) is 3.71. The third-order valence-electron chi connectivity index (χ3n) is 3.16. The summed E-state index contributed by atoms with van der Waals surface area (Å²) in [7, 11) is -3.24. The summed E-state index contributed by atoms with van der Waals surface area (Å²) in [6.07, 6.45) is 4.04. The largest absolute Gasteiger partial charge is 0.243 e. The summed E-state index contributed by atoms with van der Waals surface area (Å²) in [6.45, 7) is 3.45. The van der Waals surface area contributed by atoms with E-state index in [1.165, 1.54) is 5.56 Å². The molecule has 2 rings (SSSR count). The lowest BCUT2D eigenvalue weighted by Gasteiger charge is -2.15. The lowest BCUT2D eigenvalue weighted by Crippen LogP contribution is -2.27. The van der Waals surface area contributed by atoms with Crippen molar-refractivity contribution in [2.24, 2.45) is 0 Å². The molecule has 94 valence electrons. The number of aryl methyl sites for hydroxylation is 1. The van der Waals surface area contributed by atoms with Crippen LogP contribution in [-0.2, 0) is 16.4 Å². The molecular weight excluding hydrogens is 234 g/mol. The Morgan fingerprint density at radius 2 is 1.71 bits per heavy atom. The Kier molecular flexibility index (Phi) is 3.84. The average Bonchev–Trinajstić information content (AvgIpc) is 2.84. The van der Waals surface area contributed by atoms with E-state index >= 15 is 0 Å². The number of hydrogen-bond acceptors (Lipinski definition) is 2. The van der Waals surface area contributed by atoms with Gasteiger partial charge in [0.15, 0.2) is 0 Å². The molecule has 3 nitrogen and oxygen atoms in total. The summed E-state index contributed by atoms with van der Waals surface area (Å²) < 4.78 is 26.0. The summed E-state index contributed by atoms with van der Waals surface area (Å²) in [5, 5.41) is 0. The van der Waals surface area contributed by atoms with Gasteiger partial charge in [-0.05, 0) is 37.0 Å². The quantitative estimate of drug-likeness (QED) is 0.826. The highest BCUT2D eigenvalue weighted by Crippen LogP contribution is 2.21. The van der Waals surface area contributed by atoms with Gasteiger partial charge in [0, 0.05) is 13.1 Å². The molecule has 0 N–H and O–H groups in total. The first-order valence-corrected chi connectivity index (χ1v) is 7.67. The van der Waals surface area contributed by atoms with Crippen LogP contribution in [0, 0.1) is 0 Å². The van der Waals surface area contributed by atoms with Gasteiger partial charge in [0.2, 0.25) is 10.0 Å². The van der Waals surface area contributed by atoms with Crippen LogP contribution >= 0.6 is 0 Å². The number of hydrogen-bond donors (Lipinski definition) is 0. The van der Waals surface area contributed by atoms with Crippen LogP contribution in [0.15, 0.2) is 29.2 Å². The molecule has 0 atom stereocenters. The van der Waals surface area contributed by atoms with Gasteiger partial charge >= 0.3 is 0 Å². The molecule has 1 aliphatic heterocycles. The second-order valence-corrected chi connectivity index (χ2v) is 6.44. The molecular formula is C13H19NO2S. The summed E-state index contributed by atoms with van der Waals surface area (Å²) in [4.78, 5) is 0.430. The molecule has 1 heterocycles. The van der Waals surface area contributed by atoms with Gasteiger partial charge < -0.3 is 0 Å². The smallest absolute Gasteiger partial charge is 0.207 e. The van der Waals surface area contributed by atoms with Crippen LogP contribution in [0.4, 0.5) is 0 Å². The number of rotatable bonds is 4. The molecule has 0 aliphatic carbocycles. The van der Waals surface area contributed by atoms with Gasteiger partial charge in [0.1, 0.15) is 0 Å². The highest BCUT2D eigenvalue weighted by Gasteiger charge is 2.26. The fourth-order valence-electron chi connectivity index (χ4n) is 2.19. The third-order valence-corrected chi connectivity index (χ3v) is 5.08. The standard InChI is InChI=1S/C13H19NO2S/c1-2-5-12-6-8-13(9-7-12)17(15,16)14-10-3-4-11-14/h6-9H,2-5,10-11H2,1H3. The molecule has 1 aromatic carbocycles. The molecule has 0 saturated carbocycles. The van der Waals surface area contributed by atoms with Crippen LogP contribution in [0.5, 0.6) is 0 Å². The van der Waals surface area contributed by atoms with E-state index in [0.29, 0.717) is 18.0 Å². The average molecular weight is 253 g/mol. The summed E-state index contributed by atoms with van der Waals surface area (Å²) >= 11 is 0. The minimum absolute atomic E-state index is 0.430. The van der Waals surface area contributed by atoms with E-state index in [1.807, 2.05) is 12.1 Å². The second-order valence-electron chi connectivity index (χ2n) is 4.51. The molecule has 1 fully saturated rings.